The third-order valence-electron chi connectivity index (χ3n) is 4.18. The molecular formula is C13H18ClN3O2S2. The average Bonchev–Trinajstić information content (AvgIpc) is 2.97. The van der Waals surface area contributed by atoms with Crippen LogP contribution in [0.4, 0.5) is 0 Å². The monoisotopic (exact) mass is 347 g/mol. The van der Waals surface area contributed by atoms with Crippen molar-refractivity contribution in [2.75, 3.05) is 6.54 Å². The average molecular weight is 348 g/mol. The molecule has 1 aliphatic rings. The molecule has 3 rings (SSSR count). The van der Waals surface area contributed by atoms with Crippen molar-refractivity contribution in [1.82, 2.24) is 14.1 Å². The van der Waals surface area contributed by atoms with Crippen molar-refractivity contribution in [2.24, 2.45) is 5.41 Å². The van der Waals surface area contributed by atoms with E-state index >= 15 is 0 Å². The highest BCUT2D eigenvalue weighted by molar-refractivity contribution is 7.89. The van der Waals surface area contributed by atoms with Crippen LogP contribution in [0.15, 0.2) is 16.6 Å². The summed E-state index contributed by atoms with van der Waals surface area (Å²) in [6.45, 7) is 2.59. The van der Waals surface area contributed by atoms with E-state index in [1.165, 1.54) is 35.0 Å². The molecule has 1 saturated carbocycles. The molecule has 2 heterocycles. The predicted molar refractivity (Wildman–Crippen MR) is 84.5 cm³/mol. The third-order valence-corrected chi connectivity index (χ3v) is 6.74. The maximum absolute atomic E-state index is 12.6. The second kappa shape index (κ2) is 5.53. The molecule has 1 aliphatic carbocycles. The summed E-state index contributed by atoms with van der Waals surface area (Å²) in [5.74, 6) is 0. The Kier molecular flexibility index (Phi) is 4.02. The van der Waals surface area contributed by atoms with Gasteiger partial charge in [-0.15, -0.1) is 11.3 Å². The minimum absolute atomic E-state index is 0.0307. The van der Waals surface area contributed by atoms with Crippen LogP contribution in [-0.2, 0) is 10.0 Å². The molecule has 116 valence electrons. The molecule has 0 aliphatic heterocycles. The summed E-state index contributed by atoms with van der Waals surface area (Å²) in [6, 6.07) is 0. The standard InChI is InChI=1S/C13H18ClN3O2S2/c1-13(5-3-2-4-6-13)9-15-21(18,19)11-10(14)16-12-17(11)7-8-20-12/h7-8,15H,2-6,9H2,1H3. The van der Waals surface area contributed by atoms with Gasteiger partial charge in [0.25, 0.3) is 10.0 Å². The molecule has 2 aromatic rings. The van der Waals surface area contributed by atoms with Gasteiger partial charge in [-0.05, 0) is 18.3 Å². The highest BCUT2D eigenvalue weighted by Crippen LogP contribution is 2.35. The minimum atomic E-state index is -3.66. The number of imidazole rings is 1. The molecule has 1 N–H and O–H groups in total. The lowest BCUT2D eigenvalue weighted by Crippen LogP contribution is -2.37. The molecule has 0 bridgehead atoms. The number of hydrogen-bond acceptors (Lipinski definition) is 4. The molecule has 0 spiro atoms. The first-order valence-electron chi connectivity index (χ1n) is 7.02. The van der Waals surface area contributed by atoms with E-state index in [9.17, 15) is 8.42 Å². The number of halogens is 1. The zero-order chi connectivity index (χ0) is 15.1. The Bertz CT molecular complexity index is 745. The number of thiazole rings is 1. The van der Waals surface area contributed by atoms with Gasteiger partial charge in [-0.3, -0.25) is 4.40 Å². The van der Waals surface area contributed by atoms with Gasteiger partial charge in [-0.1, -0.05) is 37.8 Å². The molecule has 21 heavy (non-hydrogen) atoms. The van der Waals surface area contributed by atoms with Crippen molar-refractivity contribution in [3.8, 4) is 0 Å². The van der Waals surface area contributed by atoms with Crippen LogP contribution in [0.2, 0.25) is 5.15 Å². The van der Waals surface area contributed by atoms with Gasteiger partial charge in [-0.25, -0.2) is 18.1 Å². The van der Waals surface area contributed by atoms with Crippen molar-refractivity contribution in [3.05, 3.63) is 16.7 Å². The van der Waals surface area contributed by atoms with Gasteiger partial charge >= 0.3 is 0 Å². The van der Waals surface area contributed by atoms with Gasteiger partial charge in [0, 0.05) is 18.1 Å². The Morgan fingerprint density at radius 3 is 2.86 bits per heavy atom. The molecule has 0 atom stereocenters. The molecule has 0 radical (unpaired) electrons. The van der Waals surface area contributed by atoms with Crippen LogP contribution in [0.5, 0.6) is 0 Å². The highest BCUT2D eigenvalue weighted by atomic mass is 35.5. The first kappa shape index (κ1) is 15.3. The topological polar surface area (TPSA) is 63.5 Å². The van der Waals surface area contributed by atoms with E-state index < -0.39 is 10.0 Å². The summed E-state index contributed by atoms with van der Waals surface area (Å²) in [4.78, 5) is 4.67. The lowest BCUT2D eigenvalue weighted by atomic mass is 9.76. The van der Waals surface area contributed by atoms with Crippen LogP contribution >= 0.6 is 22.9 Å². The first-order chi connectivity index (χ1) is 9.91. The summed E-state index contributed by atoms with van der Waals surface area (Å²) in [6.07, 6.45) is 7.37. The van der Waals surface area contributed by atoms with Crippen LogP contribution in [0, 0.1) is 5.41 Å². The van der Waals surface area contributed by atoms with Crippen LogP contribution in [0.3, 0.4) is 0 Å². The van der Waals surface area contributed by atoms with Crippen molar-refractivity contribution >= 4 is 37.9 Å². The summed E-state index contributed by atoms with van der Waals surface area (Å²) < 4.78 is 29.4. The zero-order valence-electron chi connectivity index (χ0n) is 11.8. The molecule has 5 nitrogen and oxygen atoms in total. The van der Waals surface area contributed by atoms with Gasteiger partial charge in [0.1, 0.15) is 0 Å². The normalized spacial score (nSPS) is 19.1. The number of fused-ring (bicyclic) bond motifs is 1. The van der Waals surface area contributed by atoms with E-state index in [-0.39, 0.29) is 15.6 Å². The quantitative estimate of drug-likeness (QED) is 0.922. The van der Waals surface area contributed by atoms with Crippen LogP contribution < -0.4 is 4.72 Å². The molecule has 0 saturated heterocycles. The van der Waals surface area contributed by atoms with E-state index in [1.807, 2.05) is 0 Å². The second-order valence-electron chi connectivity index (χ2n) is 5.96. The first-order valence-corrected chi connectivity index (χ1v) is 9.76. The molecule has 0 aromatic carbocycles. The second-order valence-corrected chi connectivity index (χ2v) is 8.87. The highest BCUT2D eigenvalue weighted by Gasteiger charge is 2.31. The predicted octanol–water partition coefficient (Wildman–Crippen LogP) is 3.30. The largest absolute Gasteiger partial charge is 0.279 e. The Balaban J connectivity index is 1.84. The number of aromatic nitrogens is 2. The zero-order valence-corrected chi connectivity index (χ0v) is 14.2. The Labute approximate surface area is 133 Å². The summed E-state index contributed by atoms with van der Waals surface area (Å²) in [5.41, 5.74) is 0.0379. The van der Waals surface area contributed by atoms with E-state index in [0.29, 0.717) is 11.5 Å². The van der Waals surface area contributed by atoms with Gasteiger partial charge in [0.15, 0.2) is 15.1 Å². The van der Waals surface area contributed by atoms with Crippen LogP contribution in [0.1, 0.15) is 39.0 Å². The van der Waals surface area contributed by atoms with Gasteiger partial charge in [-0.2, -0.15) is 0 Å². The summed E-state index contributed by atoms with van der Waals surface area (Å²) in [7, 11) is -3.66. The molecule has 0 amide bonds. The summed E-state index contributed by atoms with van der Waals surface area (Å²) in [5, 5.41) is 1.86. The number of hydrogen-bond donors (Lipinski definition) is 1. The third kappa shape index (κ3) is 2.97. The SMILES string of the molecule is CC1(CNS(=O)(=O)c2c(Cl)nc3sccn23)CCCCC1. The molecule has 2 aromatic heterocycles. The van der Waals surface area contributed by atoms with Crippen LogP contribution in [0.25, 0.3) is 4.96 Å². The minimum Gasteiger partial charge on any atom is -0.279 e. The molecule has 8 heteroatoms. The number of nitrogens with zero attached hydrogens (tertiary/aromatic N) is 2. The van der Waals surface area contributed by atoms with Crippen LogP contribution in [-0.4, -0.2) is 24.3 Å². The van der Waals surface area contributed by atoms with E-state index in [0.717, 1.165) is 12.8 Å². The number of rotatable bonds is 4. The Hall–Kier alpha value is -0.630. The fourth-order valence-electron chi connectivity index (χ4n) is 2.90. The maximum Gasteiger partial charge on any atom is 0.259 e. The van der Waals surface area contributed by atoms with Gasteiger partial charge in [0.2, 0.25) is 0 Å². The lowest BCUT2D eigenvalue weighted by Gasteiger charge is -2.33. The Morgan fingerprint density at radius 1 is 1.43 bits per heavy atom. The van der Waals surface area contributed by atoms with Gasteiger partial charge < -0.3 is 0 Å². The van der Waals surface area contributed by atoms with E-state index in [2.05, 4.69) is 16.6 Å². The van der Waals surface area contributed by atoms with Crippen molar-refractivity contribution < 1.29 is 8.42 Å². The summed E-state index contributed by atoms with van der Waals surface area (Å²) >= 11 is 7.36. The fourth-order valence-corrected chi connectivity index (χ4v) is 5.55. The van der Waals surface area contributed by atoms with E-state index in [4.69, 9.17) is 11.6 Å². The van der Waals surface area contributed by atoms with E-state index in [1.54, 1.807) is 11.6 Å². The van der Waals surface area contributed by atoms with Crippen molar-refractivity contribution in [3.63, 3.8) is 0 Å². The smallest absolute Gasteiger partial charge is 0.259 e. The maximum atomic E-state index is 12.6. The van der Waals surface area contributed by atoms with Gasteiger partial charge in [0.05, 0.1) is 0 Å². The molecule has 0 unspecified atom stereocenters. The number of nitrogens with one attached hydrogen (secondary N) is 1. The molecular weight excluding hydrogens is 330 g/mol. The molecule has 1 fully saturated rings. The number of sulfonamides is 1. The van der Waals surface area contributed by atoms with Crippen molar-refractivity contribution in [1.29, 1.82) is 0 Å². The lowest BCUT2D eigenvalue weighted by molar-refractivity contribution is 0.219. The van der Waals surface area contributed by atoms with Crippen molar-refractivity contribution in [2.45, 2.75) is 44.1 Å². The fraction of sp³-hybridized carbons (Fsp3) is 0.615. The Morgan fingerprint density at radius 2 is 2.14 bits per heavy atom.